The number of carboxylic acids is 1. The molecule has 0 spiro atoms. The molecule has 1 aliphatic rings. The van der Waals surface area contributed by atoms with Crippen molar-refractivity contribution < 1.29 is 19.4 Å². The predicted octanol–water partition coefficient (Wildman–Crippen LogP) is -0.0585. The van der Waals surface area contributed by atoms with Gasteiger partial charge in [-0.3, -0.25) is 4.79 Å². The molecule has 0 radical (unpaired) electrons. The highest BCUT2D eigenvalue weighted by atomic mass is 16.8. The second-order valence-electron chi connectivity index (χ2n) is 2.99. The molecule has 5 nitrogen and oxygen atoms in total. The number of hydrogen-bond acceptors (Lipinski definition) is 4. The highest BCUT2D eigenvalue weighted by Gasteiger charge is 2.38. The number of carbonyl (C=O) groups is 1. The van der Waals surface area contributed by atoms with E-state index in [1.165, 1.54) is 0 Å². The van der Waals surface area contributed by atoms with Gasteiger partial charge in [0.25, 0.3) is 0 Å². The van der Waals surface area contributed by atoms with Crippen LogP contribution in [0.5, 0.6) is 0 Å². The van der Waals surface area contributed by atoms with Crippen LogP contribution in [0.1, 0.15) is 19.3 Å². The lowest BCUT2D eigenvalue weighted by Crippen LogP contribution is -2.07. The third kappa shape index (κ3) is 4.21. The quantitative estimate of drug-likeness (QED) is 0.548. The van der Waals surface area contributed by atoms with E-state index in [2.05, 4.69) is 0 Å². The summed E-state index contributed by atoms with van der Waals surface area (Å²) in [7, 11) is 0. The van der Waals surface area contributed by atoms with Crippen molar-refractivity contribution in [1.82, 2.24) is 0 Å². The molecule has 1 rings (SSSR count). The van der Waals surface area contributed by atoms with Crippen molar-refractivity contribution in [3.63, 3.8) is 0 Å². The molecule has 0 aromatic carbocycles. The summed E-state index contributed by atoms with van der Waals surface area (Å²) in [6.07, 6.45) is 1.80. The summed E-state index contributed by atoms with van der Waals surface area (Å²) in [6.45, 7) is 0.876. The number of hydrogen-bond donors (Lipinski definition) is 2. The van der Waals surface area contributed by atoms with Gasteiger partial charge < -0.3 is 20.3 Å². The first kappa shape index (κ1) is 10.4. The van der Waals surface area contributed by atoms with Crippen molar-refractivity contribution in [1.29, 1.82) is 0 Å². The maximum Gasteiger partial charge on any atom is 0.305 e. The van der Waals surface area contributed by atoms with Crippen LogP contribution >= 0.6 is 0 Å². The lowest BCUT2D eigenvalue weighted by atomic mass is 10.2. The van der Waals surface area contributed by atoms with Crippen LogP contribution in [0.3, 0.4) is 0 Å². The summed E-state index contributed by atoms with van der Waals surface area (Å²) in [6, 6.07) is 0. The van der Waals surface area contributed by atoms with Crippen molar-refractivity contribution in [2.45, 2.75) is 31.7 Å². The second kappa shape index (κ2) is 5.16. The van der Waals surface area contributed by atoms with E-state index in [0.717, 1.165) is 12.8 Å². The summed E-state index contributed by atoms with van der Waals surface area (Å²) in [4.78, 5) is 10.1. The number of nitrogens with two attached hydrogens (primary N) is 1. The van der Waals surface area contributed by atoms with Crippen LogP contribution in [-0.2, 0) is 14.3 Å². The van der Waals surface area contributed by atoms with E-state index in [9.17, 15) is 4.79 Å². The molecular formula is C8H15NO4. The van der Waals surface area contributed by atoms with Gasteiger partial charge in [-0.15, -0.1) is 0 Å². The van der Waals surface area contributed by atoms with Crippen molar-refractivity contribution in [2.75, 3.05) is 13.2 Å². The Balaban J connectivity index is 1.92. The van der Waals surface area contributed by atoms with Crippen LogP contribution in [-0.4, -0.2) is 36.6 Å². The largest absolute Gasteiger partial charge is 0.481 e. The smallest absolute Gasteiger partial charge is 0.305 e. The van der Waals surface area contributed by atoms with E-state index in [1.54, 1.807) is 0 Å². The van der Waals surface area contributed by atoms with Crippen LogP contribution < -0.4 is 5.73 Å². The molecule has 1 aliphatic heterocycles. The van der Waals surface area contributed by atoms with Crippen molar-refractivity contribution in [3.8, 4) is 0 Å². The first-order valence-corrected chi connectivity index (χ1v) is 4.43. The lowest BCUT2D eigenvalue weighted by Gasteiger charge is -1.96. The van der Waals surface area contributed by atoms with E-state index in [4.69, 9.17) is 20.3 Å². The summed E-state index contributed by atoms with van der Waals surface area (Å²) in [5, 5.41) is 8.32. The number of epoxide rings is 1. The van der Waals surface area contributed by atoms with Gasteiger partial charge in [-0.05, 0) is 19.4 Å². The normalized spacial score (nSPS) is 25.9. The summed E-state index contributed by atoms with van der Waals surface area (Å²) in [5.74, 6) is -0.848. The van der Waals surface area contributed by atoms with Gasteiger partial charge >= 0.3 is 5.97 Å². The van der Waals surface area contributed by atoms with Gasteiger partial charge in [0, 0.05) is 0 Å². The van der Waals surface area contributed by atoms with Crippen LogP contribution in [0.2, 0.25) is 0 Å². The molecule has 0 bridgehead atoms. The zero-order valence-electron chi connectivity index (χ0n) is 7.44. The van der Waals surface area contributed by atoms with E-state index in [-0.39, 0.29) is 25.4 Å². The van der Waals surface area contributed by atoms with E-state index in [0.29, 0.717) is 6.54 Å². The van der Waals surface area contributed by atoms with Gasteiger partial charge in [0.05, 0.1) is 13.0 Å². The molecule has 76 valence electrons. The zero-order chi connectivity index (χ0) is 9.68. The molecular weight excluding hydrogens is 174 g/mol. The number of carboxylic acid groups (broad SMARTS) is 1. The fourth-order valence-electron chi connectivity index (χ4n) is 1.06. The Morgan fingerprint density at radius 3 is 3.00 bits per heavy atom. The van der Waals surface area contributed by atoms with Crippen LogP contribution in [0.25, 0.3) is 0 Å². The third-order valence-electron chi connectivity index (χ3n) is 1.83. The molecule has 1 heterocycles. The Hall–Kier alpha value is -0.650. The Bertz CT molecular complexity index is 174. The van der Waals surface area contributed by atoms with Crippen LogP contribution in [0, 0.1) is 0 Å². The fraction of sp³-hybridized carbons (Fsp3) is 0.875. The molecule has 13 heavy (non-hydrogen) atoms. The van der Waals surface area contributed by atoms with Gasteiger partial charge in [-0.2, -0.15) is 0 Å². The first-order valence-electron chi connectivity index (χ1n) is 4.43. The van der Waals surface area contributed by atoms with Gasteiger partial charge in [-0.25, -0.2) is 0 Å². The minimum Gasteiger partial charge on any atom is -0.481 e. The standard InChI is InChI=1S/C8H15NO4/c9-4-1-2-6-8(13-6)12-5-3-7(10)11/h6,8H,1-5,9H2,(H,10,11). The average Bonchev–Trinajstić information content (AvgIpc) is 2.80. The highest BCUT2D eigenvalue weighted by molar-refractivity contribution is 5.66. The first-order chi connectivity index (χ1) is 6.24. The highest BCUT2D eigenvalue weighted by Crippen LogP contribution is 2.27. The Labute approximate surface area is 76.8 Å². The van der Waals surface area contributed by atoms with Crippen molar-refractivity contribution in [3.05, 3.63) is 0 Å². The second-order valence-corrected chi connectivity index (χ2v) is 2.99. The van der Waals surface area contributed by atoms with E-state index < -0.39 is 5.97 Å². The molecule has 2 atom stereocenters. The topological polar surface area (TPSA) is 85.1 Å². The maximum absolute atomic E-state index is 10.1. The van der Waals surface area contributed by atoms with Crippen molar-refractivity contribution in [2.24, 2.45) is 5.73 Å². The Kier molecular flexibility index (Phi) is 4.14. The monoisotopic (exact) mass is 189 g/mol. The SMILES string of the molecule is NCCCC1OC1OCCC(=O)O. The molecule has 0 aromatic rings. The van der Waals surface area contributed by atoms with Gasteiger partial charge in [0.15, 0.2) is 6.29 Å². The lowest BCUT2D eigenvalue weighted by molar-refractivity contribution is -0.138. The Morgan fingerprint density at radius 1 is 1.62 bits per heavy atom. The van der Waals surface area contributed by atoms with Gasteiger partial charge in [0.2, 0.25) is 0 Å². The molecule has 0 aliphatic carbocycles. The molecule has 5 heteroatoms. The molecule has 2 unspecified atom stereocenters. The van der Waals surface area contributed by atoms with Crippen LogP contribution in [0.4, 0.5) is 0 Å². The molecule has 1 saturated heterocycles. The fourth-order valence-corrected chi connectivity index (χ4v) is 1.06. The van der Waals surface area contributed by atoms with E-state index in [1.807, 2.05) is 0 Å². The average molecular weight is 189 g/mol. The molecule has 1 fully saturated rings. The number of ether oxygens (including phenoxy) is 2. The van der Waals surface area contributed by atoms with Gasteiger partial charge in [-0.1, -0.05) is 0 Å². The Morgan fingerprint density at radius 2 is 2.38 bits per heavy atom. The molecule has 0 aromatic heterocycles. The van der Waals surface area contributed by atoms with Crippen molar-refractivity contribution >= 4 is 5.97 Å². The number of rotatable bonds is 7. The number of aliphatic carboxylic acids is 1. The predicted molar refractivity (Wildman–Crippen MR) is 45.2 cm³/mol. The van der Waals surface area contributed by atoms with Crippen LogP contribution in [0.15, 0.2) is 0 Å². The molecule has 3 N–H and O–H groups in total. The van der Waals surface area contributed by atoms with Gasteiger partial charge in [0.1, 0.15) is 6.10 Å². The summed E-state index contributed by atoms with van der Waals surface area (Å²) in [5.41, 5.74) is 5.32. The molecule has 0 amide bonds. The zero-order valence-corrected chi connectivity index (χ0v) is 7.44. The third-order valence-corrected chi connectivity index (χ3v) is 1.83. The summed E-state index contributed by atoms with van der Waals surface area (Å²) < 4.78 is 10.3. The summed E-state index contributed by atoms with van der Waals surface area (Å²) >= 11 is 0. The minimum atomic E-state index is -0.848. The maximum atomic E-state index is 10.1. The van der Waals surface area contributed by atoms with E-state index >= 15 is 0 Å². The minimum absolute atomic E-state index is 0.0312. The molecule has 0 saturated carbocycles.